The van der Waals surface area contributed by atoms with Gasteiger partial charge in [0.2, 0.25) is 0 Å². The van der Waals surface area contributed by atoms with Gasteiger partial charge in [-0.05, 0) is 25.0 Å². The number of hydrogen-bond donors (Lipinski definition) is 2. The van der Waals surface area contributed by atoms with E-state index in [2.05, 4.69) is 26.2 Å². The molecule has 1 unspecified atom stereocenters. The summed E-state index contributed by atoms with van der Waals surface area (Å²) < 4.78 is 27.8. The van der Waals surface area contributed by atoms with E-state index < -0.39 is 23.5 Å². The maximum Gasteiger partial charge on any atom is 0.312 e. The van der Waals surface area contributed by atoms with E-state index in [9.17, 15) is 13.6 Å². The number of halogens is 3. The van der Waals surface area contributed by atoms with Crippen LogP contribution in [0.5, 0.6) is 0 Å². The summed E-state index contributed by atoms with van der Waals surface area (Å²) in [6.07, 6.45) is 1.14. The second-order valence-electron chi connectivity index (χ2n) is 4.63. The lowest BCUT2D eigenvalue weighted by molar-refractivity contribution is -0.138. The standard InChI is InChI=1S/C13H9BrF2N2O2S/c14-5-3-7(15)11(8(16)4-5)18-13-17-10-6(12(19)20)1-2-9(10)21-13/h3-4,6H,1-2H2,(H,17,18)(H,19,20). The van der Waals surface area contributed by atoms with Crippen molar-refractivity contribution in [3.63, 3.8) is 0 Å². The highest BCUT2D eigenvalue weighted by Crippen LogP contribution is 2.39. The van der Waals surface area contributed by atoms with Crippen LogP contribution in [0.4, 0.5) is 19.6 Å². The molecule has 1 aromatic carbocycles. The van der Waals surface area contributed by atoms with Crippen molar-refractivity contribution in [1.29, 1.82) is 0 Å². The van der Waals surface area contributed by atoms with Crippen LogP contribution in [0.25, 0.3) is 0 Å². The first-order chi connectivity index (χ1) is 9.95. The summed E-state index contributed by atoms with van der Waals surface area (Å²) in [6.45, 7) is 0. The van der Waals surface area contributed by atoms with E-state index in [-0.39, 0.29) is 5.69 Å². The zero-order valence-electron chi connectivity index (χ0n) is 10.5. The average molecular weight is 375 g/mol. The highest BCUT2D eigenvalue weighted by atomic mass is 79.9. The fourth-order valence-electron chi connectivity index (χ4n) is 2.29. The number of aryl methyl sites for hydroxylation is 1. The van der Waals surface area contributed by atoms with Crippen molar-refractivity contribution in [2.75, 3.05) is 5.32 Å². The first-order valence-corrected chi connectivity index (χ1v) is 7.70. The molecule has 1 aromatic heterocycles. The molecule has 1 heterocycles. The van der Waals surface area contributed by atoms with Gasteiger partial charge in [0.25, 0.3) is 0 Å². The van der Waals surface area contributed by atoms with E-state index in [0.29, 0.717) is 28.1 Å². The van der Waals surface area contributed by atoms with Gasteiger partial charge in [-0.2, -0.15) is 0 Å². The SMILES string of the molecule is O=C(O)C1CCc2sc(Nc3c(F)cc(Br)cc3F)nc21. The topological polar surface area (TPSA) is 62.2 Å². The summed E-state index contributed by atoms with van der Waals surface area (Å²) >= 11 is 4.24. The third-order valence-electron chi connectivity index (χ3n) is 3.25. The molecule has 0 saturated carbocycles. The summed E-state index contributed by atoms with van der Waals surface area (Å²) in [5.41, 5.74) is 0.199. The van der Waals surface area contributed by atoms with E-state index in [1.807, 2.05) is 0 Å². The first kappa shape index (κ1) is 14.4. The summed E-state index contributed by atoms with van der Waals surface area (Å²) in [5, 5.41) is 12.0. The largest absolute Gasteiger partial charge is 0.481 e. The number of rotatable bonds is 3. The minimum absolute atomic E-state index is 0.294. The van der Waals surface area contributed by atoms with Crippen molar-refractivity contribution in [1.82, 2.24) is 4.98 Å². The van der Waals surface area contributed by atoms with Gasteiger partial charge in [0.1, 0.15) is 11.6 Å². The zero-order chi connectivity index (χ0) is 15.1. The van der Waals surface area contributed by atoms with Gasteiger partial charge in [-0.15, -0.1) is 11.3 Å². The average Bonchev–Trinajstić information content (AvgIpc) is 2.92. The van der Waals surface area contributed by atoms with E-state index in [1.165, 1.54) is 11.3 Å². The highest BCUT2D eigenvalue weighted by molar-refractivity contribution is 9.10. The van der Waals surface area contributed by atoms with Gasteiger partial charge < -0.3 is 10.4 Å². The maximum atomic E-state index is 13.8. The molecule has 1 aliphatic rings. The maximum absolute atomic E-state index is 13.8. The Morgan fingerprint density at radius 2 is 2.10 bits per heavy atom. The molecule has 1 aliphatic carbocycles. The number of carboxylic acid groups (broad SMARTS) is 1. The molecule has 3 rings (SSSR count). The van der Waals surface area contributed by atoms with Crippen LogP contribution in [0.3, 0.4) is 0 Å². The summed E-state index contributed by atoms with van der Waals surface area (Å²) in [7, 11) is 0. The number of anilines is 2. The fourth-order valence-corrected chi connectivity index (χ4v) is 3.73. The molecule has 2 aromatic rings. The molecule has 0 spiro atoms. The molecule has 0 aliphatic heterocycles. The number of benzene rings is 1. The number of thiazole rings is 1. The van der Waals surface area contributed by atoms with Gasteiger partial charge in [0.05, 0.1) is 5.69 Å². The number of aliphatic carboxylic acids is 1. The number of aromatic nitrogens is 1. The van der Waals surface area contributed by atoms with E-state index >= 15 is 0 Å². The molecule has 2 N–H and O–H groups in total. The molecular weight excluding hydrogens is 366 g/mol. The van der Waals surface area contributed by atoms with Crippen molar-refractivity contribution >= 4 is 44.1 Å². The van der Waals surface area contributed by atoms with Crippen LogP contribution in [-0.2, 0) is 11.2 Å². The normalized spacial score (nSPS) is 16.8. The van der Waals surface area contributed by atoms with Crippen LogP contribution in [0, 0.1) is 11.6 Å². The number of carboxylic acids is 1. The minimum Gasteiger partial charge on any atom is -0.481 e. The molecule has 0 fully saturated rings. The van der Waals surface area contributed by atoms with Gasteiger partial charge in [-0.25, -0.2) is 13.8 Å². The Hall–Kier alpha value is -1.54. The van der Waals surface area contributed by atoms with Crippen molar-refractivity contribution in [2.45, 2.75) is 18.8 Å². The molecule has 0 radical (unpaired) electrons. The third kappa shape index (κ3) is 2.65. The zero-order valence-corrected chi connectivity index (χ0v) is 12.9. The molecular formula is C13H9BrF2N2O2S. The lowest BCUT2D eigenvalue weighted by atomic mass is 10.1. The van der Waals surface area contributed by atoms with Crippen LogP contribution in [0.1, 0.15) is 22.9 Å². The van der Waals surface area contributed by atoms with Gasteiger partial charge in [-0.3, -0.25) is 4.79 Å². The van der Waals surface area contributed by atoms with E-state index in [1.54, 1.807) is 0 Å². The Labute approximate surface area is 131 Å². The van der Waals surface area contributed by atoms with Gasteiger partial charge in [0, 0.05) is 9.35 Å². The van der Waals surface area contributed by atoms with Crippen LogP contribution in [0.15, 0.2) is 16.6 Å². The summed E-state index contributed by atoms with van der Waals surface area (Å²) in [6, 6.07) is 2.29. The monoisotopic (exact) mass is 374 g/mol. The predicted octanol–water partition coefficient (Wildman–Crippen LogP) is 4.04. The first-order valence-electron chi connectivity index (χ1n) is 6.09. The predicted molar refractivity (Wildman–Crippen MR) is 78.2 cm³/mol. The summed E-state index contributed by atoms with van der Waals surface area (Å²) in [4.78, 5) is 16.1. The van der Waals surface area contributed by atoms with Crippen molar-refractivity contribution < 1.29 is 18.7 Å². The van der Waals surface area contributed by atoms with Crippen molar-refractivity contribution in [2.24, 2.45) is 0 Å². The molecule has 0 bridgehead atoms. The Bertz CT molecular complexity index is 712. The lowest BCUT2D eigenvalue weighted by Crippen LogP contribution is -2.08. The quantitative estimate of drug-likeness (QED) is 0.850. The Kier molecular flexibility index (Phi) is 3.66. The van der Waals surface area contributed by atoms with Crippen LogP contribution < -0.4 is 5.32 Å². The molecule has 110 valence electrons. The van der Waals surface area contributed by atoms with Crippen LogP contribution >= 0.6 is 27.3 Å². The Balaban J connectivity index is 1.91. The van der Waals surface area contributed by atoms with Crippen molar-refractivity contribution in [3.8, 4) is 0 Å². The van der Waals surface area contributed by atoms with Gasteiger partial charge in [-0.1, -0.05) is 15.9 Å². The van der Waals surface area contributed by atoms with E-state index in [0.717, 1.165) is 17.0 Å². The Morgan fingerprint density at radius 3 is 2.71 bits per heavy atom. The number of carbonyl (C=O) groups is 1. The number of hydrogen-bond acceptors (Lipinski definition) is 4. The van der Waals surface area contributed by atoms with Crippen molar-refractivity contribution in [3.05, 3.63) is 38.8 Å². The number of nitrogens with one attached hydrogen (secondary N) is 1. The second-order valence-corrected chi connectivity index (χ2v) is 6.63. The molecule has 0 saturated heterocycles. The molecule has 0 amide bonds. The number of fused-ring (bicyclic) bond motifs is 1. The lowest BCUT2D eigenvalue weighted by Gasteiger charge is -2.07. The van der Waals surface area contributed by atoms with Crippen LogP contribution in [0.2, 0.25) is 0 Å². The highest BCUT2D eigenvalue weighted by Gasteiger charge is 2.32. The molecule has 1 atom stereocenters. The number of nitrogens with zero attached hydrogens (tertiary/aromatic N) is 1. The van der Waals surface area contributed by atoms with Crippen LogP contribution in [-0.4, -0.2) is 16.1 Å². The Morgan fingerprint density at radius 1 is 1.43 bits per heavy atom. The smallest absolute Gasteiger partial charge is 0.312 e. The second kappa shape index (κ2) is 5.34. The minimum atomic E-state index is -0.924. The van der Waals surface area contributed by atoms with Gasteiger partial charge >= 0.3 is 5.97 Å². The fraction of sp³-hybridized carbons (Fsp3) is 0.231. The van der Waals surface area contributed by atoms with Gasteiger partial charge in [0.15, 0.2) is 16.8 Å². The summed E-state index contributed by atoms with van der Waals surface area (Å²) in [5.74, 6) is -3.04. The molecule has 8 heteroatoms. The molecule has 4 nitrogen and oxygen atoms in total. The van der Waals surface area contributed by atoms with E-state index in [4.69, 9.17) is 5.11 Å². The molecule has 21 heavy (non-hydrogen) atoms. The third-order valence-corrected chi connectivity index (χ3v) is 4.76.